The van der Waals surface area contributed by atoms with Crippen molar-refractivity contribution in [2.45, 2.75) is 37.8 Å². The monoisotopic (exact) mass is 406 g/mol. The minimum atomic E-state index is -0.718. The van der Waals surface area contributed by atoms with Crippen LogP contribution in [-0.2, 0) is 19.1 Å². The lowest BCUT2D eigenvalue weighted by Gasteiger charge is -2.22. The van der Waals surface area contributed by atoms with Gasteiger partial charge < -0.3 is 15.4 Å². The fraction of sp³-hybridized carbons (Fsp3) is 0.688. The lowest BCUT2D eigenvalue weighted by Crippen LogP contribution is -2.52. The molecule has 1 aliphatic rings. The topological polar surface area (TPSA) is 84.5 Å². The molecule has 9 heteroatoms. The summed E-state index contributed by atoms with van der Waals surface area (Å²) in [6, 6.07) is -1.36. The van der Waals surface area contributed by atoms with Crippen LogP contribution in [0.25, 0.3) is 0 Å². The largest absolute Gasteiger partial charge is 0.467 e. The lowest BCUT2D eigenvalue weighted by atomic mass is 10.1. The van der Waals surface area contributed by atoms with Gasteiger partial charge in [0.15, 0.2) is 0 Å². The second-order valence-corrected chi connectivity index (χ2v) is 9.00. The summed E-state index contributed by atoms with van der Waals surface area (Å²) in [5, 5.41) is 5.52. The number of thioether (sulfide) groups is 1. The molecule has 1 heterocycles. The Morgan fingerprint density at radius 2 is 2.04 bits per heavy atom. The molecule has 0 spiro atoms. The quantitative estimate of drug-likeness (QED) is 0.420. The molecule has 1 rings (SSSR count). The molecular weight excluding hydrogens is 380 g/mol. The maximum Gasteiger partial charge on any atom is 0.329 e. The van der Waals surface area contributed by atoms with Crippen molar-refractivity contribution in [1.29, 1.82) is 0 Å². The predicted molar refractivity (Wildman–Crippen MR) is 107 cm³/mol. The molecule has 0 bridgehead atoms. The maximum absolute atomic E-state index is 12.6. The van der Waals surface area contributed by atoms with Crippen molar-refractivity contribution in [3.05, 3.63) is 12.2 Å². The number of esters is 1. The first-order valence-corrected chi connectivity index (χ1v) is 12.0. The zero-order valence-electron chi connectivity index (χ0n) is 14.6. The highest BCUT2D eigenvalue weighted by molar-refractivity contribution is 8.76. The Balaban J connectivity index is 2.83. The van der Waals surface area contributed by atoms with E-state index in [9.17, 15) is 14.4 Å². The summed E-state index contributed by atoms with van der Waals surface area (Å²) < 4.78 is 4.79. The fourth-order valence-corrected chi connectivity index (χ4v) is 4.71. The first kappa shape index (κ1) is 22.2. The van der Waals surface area contributed by atoms with Crippen LogP contribution in [0.15, 0.2) is 12.2 Å². The number of hydrogen-bond acceptors (Lipinski definition) is 7. The van der Waals surface area contributed by atoms with Gasteiger partial charge in [-0.25, -0.2) is 4.79 Å². The molecule has 0 aromatic heterocycles. The summed E-state index contributed by atoms with van der Waals surface area (Å²) in [4.78, 5) is 36.6. The highest BCUT2D eigenvalue weighted by atomic mass is 33.1. The molecule has 0 saturated carbocycles. The summed E-state index contributed by atoms with van der Waals surface area (Å²) in [5.41, 5.74) is 0. The molecule has 142 valence electrons. The Hall–Kier alpha value is -0.800. The van der Waals surface area contributed by atoms with Crippen molar-refractivity contribution < 1.29 is 19.1 Å². The molecule has 0 fully saturated rings. The van der Waals surface area contributed by atoms with Gasteiger partial charge in [-0.05, 0) is 31.3 Å². The van der Waals surface area contributed by atoms with Gasteiger partial charge in [0.1, 0.15) is 12.1 Å². The first-order chi connectivity index (χ1) is 12.1. The lowest BCUT2D eigenvalue weighted by molar-refractivity contribution is -0.144. The number of carbonyl (C=O) groups is 3. The van der Waals surface area contributed by atoms with Crippen molar-refractivity contribution in [3.8, 4) is 0 Å². The maximum atomic E-state index is 12.6. The van der Waals surface area contributed by atoms with Crippen LogP contribution in [0.3, 0.4) is 0 Å². The van der Waals surface area contributed by atoms with Gasteiger partial charge in [-0.15, -0.1) is 0 Å². The van der Waals surface area contributed by atoms with Crippen LogP contribution in [0.4, 0.5) is 0 Å². The van der Waals surface area contributed by atoms with Gasteiger partial charge in [-0.3, -0.25) is 9.59 Å². The van der Waals surface area contributed by atoms with Gasteiger partial charge in [-0.1, -0.05) is 33.7 Å². The highest BCUT2D eigenvalue weighted by Gasteiger charge is 2.27. The molecular formula is C16H26N2O4S3. The summed E-state index contributed by atoms with van der Waals surface area (Å²) in [6.07, 6.45) is 8.44. The van der Waals surface area contributed by atoms with E-state index in [0.717, 1.165) is 17.9 Å². The number of methoxy groups -OCH3 is 1. The van der Waals surface area contributed by atoms with Crippen LogP contribution in [-0.4, -0.2) is 60.5 Å². The molecule has 6 nitrogen and oxygen atoms in total. The van der Waals surface area contributed by atoms with E-state index in [4.69, 9.17) is 4.74 Å². The molecule has 2 atom stereocenters. The van der Waals surface area contributed by atoms with Crippen LogP contribution in [0, 0.1) is 0 Å². The van der Waals surface area contributed by atoms with Crippen LogP contribution in [0.2, 0.25) is 0 Å². The van der Waals surface area contributed by atoms with E-state index in [2.05, 4.69) is 16.7 Å². The number of ether oxygens (including phenoxy) is 1. The molecule has 1 aliphatic heterocycles. The number of allylic oxidation sites excluding steroid dienone is 2. The SMILES string of the molecule is COC(=O)[C@H]1CSSCC/C=C/CCC(=O)N[C@H](CCSC)C(=O)N1. The summed E-state index contributed by atoms with van der Waals surface area (Å²) in [5.74, 6) is 1.11. The van der Waals surface area contributed by atoms with Crippen LogP contribution >= 0.6 is 33.3 Å². The number of nitrogens with one attached hydrogen (secondary N) is 2. The average molecular weight is 407 g/mol. The standard InChI is InChI=1S/C16H26N2O4S3/c1-22-16(21)13-11-25-24-9-6-4-3-5-7-14(19)17-12(8-10-23-2)15(20)18-13/h3-4,12-13H,5-11H2,1-2H3,(H,17,19)(H,18,20)/b4-3+/t12-,13-/m1/s1. The molecule has 0 unspecified atom stereocenters. The third kappa shape index (κ3) is 9.46. The molecule has 0 saturated heterocycles. The van der Waals surface area contributed by atoms with Gasteiger partial charge in [-0.2, -0.15) is 11.8 Å². The van der Waals surface area contributed by atoms with Crippen molar-refractivity contribution in [2.24, 2.45) is 0 Å². The van der Waals surface area contributed by atoms with E-state index in [1.165, 1.54) is 17.9 Å². The smallest absolute Gasteiger partial charge is 0.329 e. The third-order valence-corrected chi connectivity index (χ3v) is 6.55. The van der Waals surface area contributed by atoms with Gasteiger partial charge in [0, 0.05) is 17.9 Å². The predicted octanol–water partition coefficient (Wildman–Crippen LogP) is 2.00. The second-order valence-electron chi connectivity index (χ2n) is 5.39. The van der Waals surface area contributed by atoms with Gasteiger partial charge in [0.2, 0.25) is 11.8 Å². The highest BCUT2D eigenvalue weighted by Crippen LogP contribution is 2.23. The molecule has 2 N–H and O–H groups in total. The van der Waals surface area contributed by atoms with Gasteiger partial charge in [0.25, 0.3) is 0 Å². The van der Waals surface area contributed by atoms with E-state index in [-0.39, 0.29) is 11.8 Å². The minimum Gasteiger partial charge on any atom is -0.467 e. The molecule has 0 aromatic carbocycles. The molecule has 0 radical (unpaired) electrons. The van der Waals surface area contributed by atoms with Gasteiger partial charge in [0.05, 0.1) is 7.11 Å². The number of hydrogen-bond donors (Lipinski definition) is 2. The average Bonchev–Trinajstić information content (AvgIpc) is 2.61. The van der Waals surface area contributed by atoms with Crippen molar-refractivity contribution >= 4 is 51.1 Å². The first-order valence-electron chi connectivity index (χ1n) is 8.14. The van der Waals surface area contributed by atoms with Crippen molar-refractivity contribution in [2.75, 3.05) is 30.6 Å². The zero-order chi connectivity index (χ0) is 18.5. The number of amides is 2. The van der Waals surface area contributed by atoms with Crippen molar-refractivity contribution in [1.82, 2.24) is 10.6 Å². The van der Waals surface area contributed by atoms with E-state index < -0.39 is 18.1 Å². The molecule has 25 heavy (non-hydrogen) atoms. The fourth-order valence-electron chi connectivity index (χ4n) is 2.10. The van der Waals surface area contributed by atoms with Crippen LogP contribution < -0.4 is 10.6 Å². The van der Waals surface area contributed by atoms with E-state index >= 15 is 0 Å². The van der Waals surface area contributed by atoms with Crippen LogP contribution in [0.5, 0.6) is 0 Å². The molecule has 2 amide bonds. The zero-order valence-corrected chi connectivity index (χ0v) is 17.1. The Morgan fingerprint density at radius 3 is 2.76 bits per heavy atom. The van der Waals surface area contributed by atoms with Gasteiger partial charge >= 0.3 is 5.97 Å². The summed E-state index contributed by atoms with van der Waals surface area (Å²) >= 11 is 1.61. The minimum absolute atomic E-state index is 0.154. The summed E-state index contributed by atoms with van der Waals surface area (Å²) in [7, 11) is 4.49. The molecule has 0 aliphatic carbocycles. The van der Waals surface area contributed by atoms with Crippen LogP contribution in [0.1, 0.15) is 25.7 Å². The van der Waals surface area contributed by atoms with E-state index in [0.29, 0.717) is 25.0 Å². The van der Waals surface area contributed by atoms with E-state index in [1.54, 1.807) is 22.6 Å². The second kappa shape index (κ2) is 13.4. The molecule has 0 aromatic rings. The van der Waals surface area contributed by atoms with E-state index in [1.807, 2.05) is 12.3 Å². The Morgan fingerprint density at radius 1 is 1.28 bits per heavy atom. The third-order valence-electron chi connectivity index (χ3n) is 3.46. The van der Waals surface area contributed by atoms with Crippen molar-refractivity contribution in [3.63, 3.8) is 0 Å². The Labute approximate surface area is 161 Å². The normalized spacial score (nSPS) is 25.0. The number of rotatable bonds is 4. The Kier molecular flexibility index (Phi) is 11.9. The number of carbonyl (C=O) groups excluding carboxylic acids is 3. The Bertz CT molecular complexity index is 474. The summed E-state index contributed by atoms with van der Waals surface area (Å²) in [6.45, 7) is 0.